The summed E-state index contributed by atoms with van der Waals surface area (Å²) in [6.45, 7) is 7.69. The molecular formula is C18H24N2O2. The van der Waals surface area contributed by atoms with Crippen LogP contribution < -0.4 is 5.32 Å². The monoisotopic (exact) mass is 300 g/mol. The van der Waals surface area contributed by atoms with E-state index in [2.05, 4.69) is 32.2 Å². The molecule has 1 N–H and O–H groups in total. The summed E-state index contributed by atoms with van der Waals surface area (Å²) in [7, 11) is 0. The van der Waals surface area contributed by atoms with E-state index < -0.39 is 6.04 Å². The van der Waals surface area contributed by atoms with Gasteiger partial charge in [-0.2, -0.15) is 5.26 Å². The predicted octanol–water partition coefficient (Wildman–Crippen LogP) is 3.09. The Morgan fingerprint density at radius 2 is 1.86 bits per heavy atom. The third kappa shape index (κ3) is 4.08. The highest BCUT2D eigenvalue weighted by atomic mass is 16.5. The highest BCUT2D eigenvalue weighted by Gasteiger charge is 2.24. The van der Waals surface area contributed by atoms with Crippen LogP contribution in [0.15, 0.2) is 24.3 Å². The maximum Gasteiger partial charge on any atom is 0.224 e. The van der Waals surface area contributed by atoms with Crippen LogP contribution in [0.1, 0.15) is 50.8 Å². The first kappa shape index (κ1) is 16.5. The molecule has 0 aliphatic carbocycles. The highest BCUT2D eigenvalue weighted by molar-refractivity contribution is 5.79. The first-order valence-corrected chi connectivity index (χ1v) is 7.80. The molecule has 0 spiro atoms. The number of hydrogen-bond acceptors (Lipinski definition) is 3. The first-order valence-electron chi connectivity index (χ1n) is 7.80. The molecule has 1 amide bonds. The second-order valence-electron chi connectivity index (χ2n) is 6.83. The van der Waals surface area contributed by atoms with Crippen LogP contribution in [0, 0.1) is 17.2 Å². The fraction of sp³-hybridized carbons (Fsp3) is 0.556. The lowest BCUT2D eigenvalue weighted by Crippen LogP contribution is -2.36. The van der Waals surface area contributed by atoms with Crippen molar-refractivity contribution >= 4 is 5.91 Å². The molecule has 4 heteroatoms. The molecule has 1 aliphatic heterocycles. The van der Waals surface area contributed by atoms with Crippen LogP contribution >= 0.6 is 0 Å². The Labute approximate surface area is 132 Å². The van der Waals surface area contributed by atoms with Crippen molar-refractivity contribution in [2.75, 3.05) is 13.2 Å². The summed E-state index contributed by atoms with van der Waals surface area (Å²) in [4.78, 5) is 12.2. The van der Waals surface area contributed by atoms with E-state index in [-0.39, 0.29) is 17.2 Å². The van der Waals surface area contributed by atoms with Gasteiger partial charge in [0.25, 0.3) is 0 Å². The number of amides is 1. The highest BCUT2D eigenvalue weighted by Crippen LogP contribution is 2.24. The van der Waals surface area contributed by atoms with Crippen molar-refractivity contribution in [3.8, 4) is 6.07 Å². The van der Waals surface area contributed by atoms with Gasteiger partial charge in [0.15, 0.2) is 0 Å². The third-order valence-corrected chi connectivity index (χ3v) is 4.12. The molecule has 0 unspecified atom stereocenters. The molecule has 0 saturated carbocycles. The quantitative estimate of drug-likeness (QED) is 0.933. The SMILES string of the molecule is CC(C)(C)c1ccc([C@@H](C#N)NC(=O)C2CCOCC2)cc1. The maximum absolute atomic E-state index is 12.2. The first-order chi connectivity index (χ1) is 10.4. The smallest absolute Gasteiger partial charge is 0.224 e. The van der Waals surface area contributed by atoms with Gasteiger partial charge in [-0.3, -0.25) is 4.79 Å². The number of carbonyl (C=O) groups is 1. The van der Waals surface area contributed by atoms with E-state index in [1.165, 1.54) is 5.56 Å². The Kier molecular flexibility index (Phi) is 5.20. The van der Waals surface area contributed by atoms with Gasteiger partial charge >= 0.3 is 0 Å². The number of nitrogens with zero attached hydrogens (tertiary/aromatic N) is 1. The van der Waals surface area contributed by atoms with Crippen LogP contribution in [-0.4, -0.2) is 19.1 Å². The third-order valence-electron chi connectivity index (χ3n) is 4.12. The second-order valence-corrected chi connectivity index (χ2v) is 6.83. The zero-order valence-corrected chi connectivity index (χ0v) is 13.6. The minimum atomic E-state index is -0.593. The molecule has 0 bridgehead atoms. The lowest BCUT2D eigenvalue weighted by molar-refractivity contribution is -0.128. The molecule has 1 aliphatic rings. The van der Waals surface area contributed by atoms with Crippen LogP contribution in [0.3, 0.4) is 0 Å². The molecule has 1 aromatic rings. The fourth-order valence-electron chi connectivity index (χ4n) is 2.59. The average molecular weight is 300 g/mol. The van der Waals surface area contributed by atoms with Crippen molar-refractivity contribution in [2.24, 2.45) is 5.92 Å². The Hall–Kier alpha value is -1.86. The van der Waals surface area contributed by atoms with Crippen LogP contribution in [0.4, 0.5) is 0 Å². The van der Waals surface area contributed by atoms with Crippen LogP contribution in [0.2, 0.25) is 0 Å². The zero-order chi connectivity index (χ0) is 16.2. The van der Waals surface area contributed by atoms with E-state index in [1.54, 1.807) is 0 Å². The van der Waals surface area contributed by atoms with E-state index in [4.69, 9.17) is 4.74 Å². The molecule has 1 heterocycles. The number of carbonyl (C=O) groups excluding carboxylic acids is 1. The molecule has 22 heavy (non-hydrogen) atoms. The normalized spacial score (nSPS) is 17.5. The topological polar surface area (TPSA) is 62.1 Å². The predicted molar refractivity (Wildman–Crippen MR) is 85.2 cm³/mol. The summed E-state index contributed by atoms with van der Waals surface area (Å²) in [5.41, 5.74) is 2.12. The summed E-state index contributed by atoms with van der Waals surface area (Å²) < 4.78 is 5.27. The standard InChI is InChI=1S/C18H24N2O2/c1-18(2,3)15-6-4-13(5-7-15)16(12-19)20-17(21)14-8-10-22-11-9-14/h4-7,14,16H,8-11H2,1-3H3,(H,20,21)/t16-/m1/s1. The molecule has 1 aromatic carbocycles. The molecule has 118 valence electrons. The molecule has 1 saturated heterocycles. The van der Waals surface area contributed by atoms with Gasteiger partial charge in [-0.15, -0.1) is 0 Å². The van der Waals surface area contributed by atoms with Gasteiger partial charge in [0.05, 0.1) is 6.07 Å². The second kappa shape index (κ2) is 6.93. The number of hydrogen-bond donors (Lipinski definition) is 1. The lowest BCUT2D eigenvalue weighted by Gasteiger charge is -2.23. The maximum atomic E-state index is 12.2. The molecule has 0 radical (unpaired) electrons. The Bertz CT molecular complexity index is 546. The van der Waals surface area contributed by atoms with Gasteiger partial charge in [0.2, 0.25) is 5.91 Å². The molecule has 4 nitrogen and oxygen atoms in total. The van der Waals surface area contributed by atoms with Gasteiger partial charge in [-0.1, -0.05) is 45.0 Å². The van der Waals surface area contributed by atoms with Gasteiger partial charge in [-0.05, 0) is 29.4 Å². The van der Waals surface area contributed by atoms with Crippen LogP contribution in [0.25, 0.3) is 0 Å². The van der Waals surface area contributed by atoms with E-state index in [0.717, 1.165) is 18.4 Å². The van der Waals surface area contributed by atoms with Crippen molar-refractivity contribution in [1.29, 1.82) is 5.26 Å². The molecule has 0 aromatic heterocycles. The van der Waals surface area contributed by atoms with Gasteiger partial charge < -0.3 is 10.1 Å². The molecule has 1 atom stereocenters. The lowest BCUT2D eigenvalue weighted by atomic mass is 9.86. The Morgan fingerprint density at radius 3 is 2.36 bits per heavy atom. The average Bonchev–Trinajstić information content (AvgIpc) is 2.52. The number of benzene rings is 1. The van der Waals surface area contributed by atoms with Gasteiger partial charge in [0.1, 0.15) is 6.04 Å². The number of nitriles is 1. The van der Waals surface area contributed by atoms with Gasteiger partial charge in [-0.25, -0.2) is 0 Å². The van der Waals surface area contributed by atoms with E-state index >= 15 is 0 Å². The van der Waals surface area contributed by atoms with Crippen LogP contribution in [0.5, 0.6) is 0 Å². The Morgan fingerprint density at radius 1 is 1.27 bits per heavy atom. The molecule has 1 fully saturated rings. The van der Waals surface area contributed by atoms with Gasteiger partial charge in [0, 0.05) is 19.1 Å². The van der Waals surface area contributed by atoms with E-state index in [0.29, 0.717) is 13.2 Å². The summed E-state index contributed by atoms with van der Waals surface area (Å²) >= 11 is 0. The number of rotatable bonds is 3. The molecular weight excluding hydrogens is 276 g/mol. The Balaban J connectivity index is 2.05. The minimum Gasteiger partial charge on any atom is -0.381 e. The van der Waals surface area contributed by atoms with Crippen LogP contribution in [-0.2, 0) is 14.9 Å². The van der Waals surface area contributed by atoms with E-state index in [9.17, 15) is 10.1 Å². The van der Waals surface area contributed by atoms with Crippen molar-refractivity contribution in [2.45, 2.75) is 45.1 Å². The summed E-state index contributed by atoms with van der Waals surface area (Å²) in [6, 6.07) is 9.50. The van der Waals surface area contributed by atoms with Crippen molar-refractivity contribution in [3.05, 3.63) is 35.4 Å². The summed E-state index contributed by atoms with van der Waals surface area (Å²) in [5.74, 6) is -0.0896. The van der Waals surface area contributed by atoms with Crippen molar-refractivity contribution in [1.82, 2.24) is 5.32 Å². The van der Waals surface area contributed by atoms with E-state index in [1.807, 2.05) is 24.3 Å². The minimum absolute atomic E-state index is 0.0431. The summed E-state index contributed by atoms with van der Waals surface area (Å²) in [6.07, 6.45) is 1.46. The largest absolute Gasteiger partial charge is 0.381 e. The number of nitrogens with one attached hydrogen (secondary N) is 1. The van der Waals surface area contributed by atoms with Crippen molar-refractivity contribution in [3.63, 3.8) is 0 Å². The fourth-order valence-corrected chi connectivity index (χ4v) is 2.59. The zero-order valence-electron chi connectivity index (χ0n) is 13.6. The molecule has 2 rings (SSSR count). The number of ether oxygens (including phenoxy) is 1. The summed E-state index contributed by atoms with van der Waals surface area (Å²) in [5, 5.41) is 12.2. The van der Waals surface area contributed by atoms with Crippen molar-refractivity contribution < 1.29 is 9.53 Å².